The molecule has 2 rings (SSSR count). The van der Waals surface area contributed by atoms with Gasteiger partial charge in [0, 0.05) is 6.61 Å². The Morgan fingerprint density at radius 1 is 1.40 bits per heavy atom. The van der Waals surface area contributed by atoms with Gasteiger partial charge in [0.05, 0.1) is 24.1 Å². The van der Waals surface area contributed by atoms with Gasteiger partial charge >= 0.3 is 12.1 Å². The van der Waals surface area contributed by atoms with Crippen molar-refractivity contribution < 1.29 is 37.3 Å². The zero-order chi connectivity index (χ0) is 18.7. The normalized spacial score (nSPS) is 21.6. The van der Waals surface area contributed by atoms with Crippen LogP contribution in [0.25, 0.3) is 0 Å². The van der Waals surface area contributed by atoms with Gasteiger partial charge in [-0.15, -0.1) is 0 Å². The van der Waals surface area contributed by atoms with E-state index in [0.717, 1.165) is 12.1 Å². The van der Waals surface area contributed by atoms with Gasteiger partial charge in [0.2, 0.25) is 0 Å². The fourth-order valence-electron chi connectivity index (χ4n) is 2.59. The molecule has 2 atom stereocenters. The molecule has 2 unspecified atom stereocenters. The smallest absolute Gasteiger partial charge is 0.419 e. The summed E-state index contributed by atoms with van der Waals surface area (Å²) in [7, 11) is 0. The predicted octanol–water partition coefficient (Wildman–Crippen LogP) is 2.22. The second-order valence-corrected chi connectivity index (χ2v) is 5.90. The lowest BCUT2D eigenvalue weighted by Crippen LogP contribution is -2.54. The monoisotopic (exact) mass is 361 g/mol. The van der Waals surface area contributed by atoms with Crippen molar-refractivity contribution in [2.75, 3.05) is 13.2 Å². The molecule has 0 saturated carbocycles. The summed E-state index contributed by atoms with van der Waals surface area (Å²) in [6, 6.07) is 4.57. The van der Waals surface area contributed by atoms with Crippen LogP contribution in [0, 0.1) is 0 Å². The van der Waals surface area contributed by atoms with Crippen LogP contribution in [0.5, 0.6) is 5.75 Å². The summed E-state index contributed by atoms with van der Waals surface area (Å²) >= 11 is 0. The highest BCUT2D eigenvalue weighted by molar-refractivity contribution is 5.82. The largest absolute Gasteiger partial charge is 0.481 e. The van der Waals surface area contributed by atoms with Crippen molar-refractivity contribution in [3.05, 3.63) is 29.8 Å². The van der Waals surface area contributed by atoms with Gasteiger partial charge in [0.25, 0.3) is 5.91 Å². The van der Waals surface area contributed by atoms with Crippen LogP contribution < -0.4 is 10.1 Å². The van der Waals surface area contributed by atoms with Gasteiger partial charge in [-0.1, -0.05) is 12.1 Å². The maximum Gasteiger partial charge on any atom is 0.419 e. The maximum atomic E-state index is 13.0. The molecule has 0 aliphatic carbocycles. The predicted molar refractivity (Wildman–Crippen MR) is 80.1 cm³/mol. The van der Waals surface area contributed by atoms with Crippen LogP contribution in [0.3, 0.4) is 0 Å². The molecule has 1 amide bonds. The first-order chi connectivity index (χ1) is 11.6. The molecule has 1 aliphatic heterocycles. The third-order valence-electron chi connectivity index (χ3n) is 3.85. The van der Waals surface area contributed by atoms with Gasteiger partial charge in [-0.25, -0.2) is 0 Å². The number of rotatable bonds is 6. The van der Waals surface area contributed by atoms with Crippen molar-refractivity contribution in [1.29, 1.82) is 0 Å². The number of halogens is 3. The van der Waals surface area contributed by atoms with Crippen LogP contribution in [-0.4, -0.2) is 41.8 Å². The number of para-hydroxylation sites is 1. The van der Waals surface area contributed by atoms with Crippen LogP contribution in [0.15, 0.2) is 24.3 Å². The van der Waals surface area contributed by atoms with Crippen LogP contribution >= 0.6 is 0 Å². The molecule has 1 aromatic rings. The number of amides is 1. The second kappa shape index (κ2) is 7.30. The number of nitrogens with one attached hydrogen (secondary N) is 1. The van der Waals surface area contributed by atoms with Crippen LogP contribution in [0.2, 0.25) is 0 Å². The average Bonchev–Trinajstić information content (AvgIpc) is 2.93. The molecule has 2 N–H and O–H groups in total. The Morgan fingerprint density at radius 2 is 2.08 bits per heavy atom. The summed E-state index contributed by atoms with van der Waals surface area (Å²) in [4.78, 5) is 23.3. The van der Waals surface area contributed by atoms with E-state index in [2.05, 4.69) is 5.32 Å². The number of hydrogen-bond acceptors (Lipinski definition) is 4. The van der Waals surface area contributed by atoms with E-state index in [-0.39, 0.29) is 13.0 Å². The summed E-state index contributed by atoms with van der Waals surface area (Å²) in [6.07, 6.45) is -5.90. The number of carboxylic acid groups (broad SMARTS) is 1. The lowest BCUT2D eigenvalue weighted by atomic mass is 9.94. The van der Waals surface area contributed by atoms with Gasteiger partial charge in [-0.05, 0) is 25.5 Å². The molecule has 1 fully saturated rings. The molecule has 0 bridgehead atoms. The molecule has 9 heteroatoms. The lowest BCUT2D eigenvalue weighted by molar-refractivity contribution is -0.142. The number of ether oxygens (including phenoxy) is 2. The molecule has 0 aromatic heterocycles. The molecule has 1 saturated heterocycles. The summed E-state index contributed by atoms with van der Waals surface area (Å²) in [5.41, 5.74) is -2.07. The van der Waals surface area contributed by atoms with E-state index < -0.39 is 41.0 Å². The van der Waals surface area contributed by atoms with E-state index in [1.165, 1.54) is 19.1 Å². The average molecular weight is 361 g/mol. The van der Waals surface area contributed by atoms with E-state index >= 15 is 0 Å². The number of carbonyl (C=O) groups is 2. The molecule has 138 valence electrons. The molecule has 1 heterocycles. The zero-order valence-corrected chi connectivity index (χ0v) is 13.4. The van der Waals surface area contributed by atoms with Crippen LogP contribution in [0.1, 0.15) is 25.3 Å². The van der Waals surface area contributed by atoms with Crippen molar-refractivity contribution in [2.45, 2.75) is 37.6 Å². The Labute approximate surface area is 141 Å². The summed E-state index contributed by atoms with van der Waals surface area (Å²) in [5, 5.41) is 11.5. The molecule has 1 aromatic carbocycles. The van der Waals surface area contributed by atoms with Gasteiger partial charge in [0.15, 0.2) is 6.10 Å². The third kappa shape index (κ3) is 4.85. The number of hydrogen-bond donors (Lipinski definition) is 2. The zero-order valence-electron chi connectivity index (χ0n) is 13.4. The first-order valence-corrected chi connectivity index (χ1v) is 7.57. The summed E-state index contributed by atoms with van der Waals surface area (Å²) < 4.78 is 49.2. The fourth-order valence-corrected chi connectivity index (χ4v) is 2.59. The van der Waals surface area contributed by atoms with E-state index in [1.54, 1.807) is 0 Å². The number of carbonyl (C=O) groups excluding carboxylic acids is 1. The number of alkyl halides is 3. The first kappa shape index (κ1) is 19.0. The second-order valence-electron chi connectivity index (χ2n) is 5.90. The van der Waals surface area contributed by atoms with E-state index in [0.29, 0.717) is 13.0 Å². The van der Waals surface area contributed by atoms with Gasteiger partial charge in [-0.2, -0.15) is 13.2 Å². The molecular weight excluding hydrogens is 343 g/mol. The minimum absolute atomic E-state index is 0.0247. The number of benzene rings is 1. The number of carboxylic acids is 1. The Bertz CT molecular complexity index is 641. The molecule has 6 nitrogen and oxygen atoms in total. The van der Waals surface area contributed by atoms with Crippen molar-refractivity contribution in [2.24, 2.45) is 0 Å². The minimum atomic E-state index is -4.61. The van der Waals surface area contributed by atoms with E-state index in [9.17, 15) is 22.8 Å². The Balaban J connectivity index is 2.09. The van der Waals surface area contributed by atoms with Crippen molar-refractivity contribution in [1.82, 2.24) is 5.32 Å². The molecule has 0 radical (unpaired) electrons. The fraction of sp³-hybridized carbons (Fsp3) is 0.500. The Morgan fingerprint density at radius 3 is 2.64 bits per heavy atom. The Kier molecular flexibility index (Phi) is 5.56. The standard InChI is InChI=1S/C16H18F3NO5/c1-10(25-12-5-3-2-4-11(12)16(17,18)19)14(23)20-15(8-13(21)22)6-7-24-9-15/h2-5,10H,6-9H2,1H3,(H,20,23)(H,21,22). The maximum absolute atomic E-state index is 13.0. The van der Waals surface area contributed by atoms with Gasteiger partial charge < -0.3 is 19.9 Å². The molecule has 1 aliphatic rings. The minimum Gasteiger partial charge on any atom is -0.481 e. The van der Waals surface area contributed by atoms with Crippen LogP contribution in [0.4, 0.5) is 13.2 Å². The SMILES string of the molecule is CC(Oc1ccccc1C(F)(F)F)C(=O)NC1(CC(=O)O)CCOC1. The molecule has 25 heavy (non-hydrogen) atoms. The number of aliphatic carboxylic acids is 1. The van der Waals surface area contributed by atoms with Crippen molar-refractivity contribution in [3.63, 3.8) is 0 Å². The van der Waals surface area contributed by atoms with E-state index in [4.69, 9.17) is 14.6 Å². The first-order valence-electron chi connectivity index (χ1n) is 7.57. The molecular formula is C16H18F3NO5. The highest BCUT2D eigenvalue weighted by Crippen LogP contribution is 2.36. The van der Waals surface area contributed by atoms with Gasteiger partial charge in [-0.3, -0.25) is 9.59 Å². The topological polar surface area (TPSA) is 84.9 Å². The van der Waals surface area contributed by atoms with Crippen molar-refractivity contribution >= 4 is 11.9 Å². The van der Waals surface area contributed by atoms with Crippen LogP contribution in [-0.2, 0) is 20.5 Å². The summed E-state index contributed by atoms with van der Waals surface area (Å²) in [6.45, 7) is 1.61. The summed E-state index contributed by atoms with van der Waals surface area (Å²) in [5.74, 6) is -2.28. The quantitative estimate of drug-likeness (QED) is 0.812. The third-order valence-corrected chi connectivity index (χ3v) is 3.85. The van der Waals surface area contributed by atoms with Crippen molar-refractivity contribution in [3.8, 4) is 5.75 Å². The van der Waals surface area contributed by atoms with Gasteiger partial charge in [0.1, 0.15) is 5.75 Å². The lowest BCUT2D eigenvalue weighted by Gasteiger charge is -2.29. The highest BCUT2D eigenvalue weighted by Gasteiger charge is 2.40. The Hall–Kier alpha value is -2.29. The molecule has 0 spiro atoms. The van der Waals surface area contributed by atoms with E-state index in [1.807, 2.05) is 0 Å². The highest BCUT2D eigenvalue weighted by atomic mass is 19.4.